The van der Waals surface area contributed by atoms with Crippen LogP contribution < -0.4 is 10.4 Å². The van der Waals surface area contributed by atoms with Crippen molar-refractivity contribution in [2.45, 2.75) is 61.7 Å². The Morgan fingerprint density at radius 1 is 0.875 bits per heavy atom. The molecule has 40 heavy (non-hydrogen) atoms. The first-order valence-corrected chi connectivity index (χ1v) is 16.5. The molecule has 1 aliphatic rings. The highest BCUT2D eigenvalue weighted by Gasteiger charge is 2.58. The van der Waals surface area contributed by atoms with Gasteiger partial charge in [0, 0.05) is 7.11 Å². The molecule has 216 valence electrons. The Morgan fingerprint density at radius 2 is 1.40 bits per heavy atom. The molecule has 0 bridgehead atoms. The average molecular weight is 587 g/mol. The topological polar surface area (TPSA) is 112 Å². The molecule has 4 rings (SSSR count). The van der Waals surface area contributed by atoms with Gasteiger partial charge in [-0.3, -0.25) is 4.18 Å². The number of aliphatic hydroxyl groups is 2. The molecule has 0 radical (unpaired) electrons. The molecule has 1 heterocycles. The van der Waals surface area contributed by atoms with Gasteiger partial charge >= 0.3 is 0 Å². The fraction of sp³-hybridized carbons (Fsp3) is 0.400. The molecule has 1 fully saturated rings. The molecule has 3 aromatic rings. The van der Waals surface area contributed by atoms with E-state index in [0.29, 0.717) is 0 Å². The summed E-state index contributed by atoms with van der Waals surface area (Å²) in [5.74, 6) is 0. The van der Waals surface area contributed by atoms with Crippen molar-refractivity contribution in [1.82, 2.24) is 0 Å². The zero-order chi connectivity index (χ0) is 29.2. The number of hydrogen-bond acceptors (Lipinski definition) is 8. The monoisotopic (exact) mass is 586 g/mol. The molecule has 1 saturated heterocycles. The summed E-state index contributed by atoms with van der Waals surface area (Å²) in [6, 6.07) is 26.0. The molecule has 8 nitrogen and oxygen atoms in total. The van der Waals surface area contributed by atoms with Gasteiger partial charge in [-0.05, 0) is 34.5 Å². The summed E-state index contributed by atoms with van der Waals surface area (Å²) in [4.78, 5) is -0.0301. The van der Waals surface area contributed by atoms with Crippen LogP contribution in [0.4, 0.5) is 0 Å². The fourth-order valence-corrected chi connectivity index (χ4v) is 10.8. The van der Waals surface area contributed by atoms with E-state index < -0.39 is 54.2 Å². The van der Waals surface area contributed by atoms with Crippen molar-refractivity contribution in [2.24, 2.45) is 0 Å². The summed E-state index contributed by atoms with van der Waals surface area (Å²) >= 11 is 0. The minimum Gasteiger partial charge on any atom is -0.404 e. The summed E-state index contributed by atoms with van der Waals surface area (Å²) in [6.07, 6.45) is -4.20. The molecule has 0 spiro atoms. The second-order valence-corrected chi connectivity index (χ2v) is 17.1. The van der Waals surface area contributed by atoms with Crippen LogP contribution in [0.2, 0.25) is 5.04 Å². The molecule has 1 aliphatic heterocycles. The molecule has 1 unspecified atom stereocenters. The van der Waals surface area contributed by atoms with Gasteiger partial charge in [0.05, 0.1) is 11.5 Å². The van der Waals surface area contributed by atoms with Crippen molar-refractivity contribution in [3.8, 4) is 0 Å². The Kier molecular flexibility index (Phi) is 9.03. The first kappa shape index (κ1) is 30.5. The predicted octanol–water partition coefficient (Wildman–Crippen LogP) is 2.74. The number of ether oxygens (including phenoxy) is 2. The average Bonchev–Trinajstić information content (AvgIpc) is 3.18. The third-order valence-corrected chi connectivity index (χ3v) is 13.7. The Balaban J connectivity index is 1.76. The highest BCUT2D eigenvalue weighted by Crippen LogP contribution is 2.40. The Hall–Kier alpha value is -2.41. The second-order valence-electron chi connectivity index (χ2n) is 11.2. The number of benzene rings is 3. The molecule has 0 saturated carbocycles. The van der Waals surface area contributed by atoms with Crippen molar-refractivity contribution >= 4 is 28.8 Å². The van der Waals surface area contributed by atoms with Crippen LogP contribution in [0.5, 0.6) is 0 Å². The van der Waals surface area contributed by atoms with Crippen molar-refractivity contribution in [3.05, 3.63) is 90.5 Å². The van der Waals surface area contributed by atoms with Crippen LogP contribution in [-0.2, 0) is 28.2 Å². The van der Waals surface area contributed by atoms with Gasteiger partial charge in [0.1, 0.15) is 24.4 Å². The smallest absolute Gasteiger partial charge is 0.297 e. The minimum absolute atomic E-state index is 0.0301. The summed E-state index contributed by atoms with van der Waals surface area (Å²) in [5, 5.41) is 23.6. The van der Waals surface area contributed by atoms with Gasteiger partial charge in [-0.2, -0.15) is 8.42 Å². The summed E-state index contributed by atoms with van der Waals surface area (Å²) < 4.78 is 49.9. The number of rotatable bonds is 10. The van der Waals surface area contributed by atoms with Gasteiger partial charge in [0.15, 0.2) is 6.29 Å². The minimum atomic E-state index is -4.21. The second kappa shape index (κ2) is 11.8. The number of aliphatic hydroxyl groups excluding tert-OH is 2. The van der Waals surface area contributed by atoms with Gasteiger partial charge in [0.2, 0.25) is 0 Å². The quantitative estimate of drug-likeness (QED) is 0.276. The zero-order valence-electron chi connectivity index (χ0n) is 23.5. The van der Waals surface area contributed by atoms with Crippen molar-refractivity contribution in [1.29, 1.82) is 0 Å². The molecular weight excluding hydrogens is 548 g/mol. The maximum Gasteiger partial charge on any atom is 0.297 e. The lowest BCUT2D eigenvalue weighted by atomic mass is 9.97. The van der Waals surface area contributed by atoms with Crippen LogP contribution in [0.1, 0.15) is 26.3 Å². The van der Waals surface area contributed by atoms with E-state index in [4.69, 9.17) is 18.1 Å². The van der Waals surface area contributed by atoms with Gasteiger partial charge < -0.3 is 24.1 Å². The summed E-state index contributed by atoms with van der Waals surface area (Å²) in [6.45, 7) is 7.29. The first-order chi connectivity index (χ1) is 18.9. The summed E-state index contributed by atoms with van der Waals surface area (Å²) in [7, 11) is -5.99. The first-order valence-electron chi connectivity index (χ1n) is 13.1. The van der Waals surface area contributed by atoms with Crippen molar-refractivity contribution in [3.63, 3.8) is 0 Å². The molecular formula is C30H38O8SSi. The molecule has 4 atom stereocenters. The van der Waals surface area contributed by atoms with Crippen molar-refractivity contribution < 1.29 is 36.7 Å². The predicted molar refractivity (Wildman–Crippen MR) is 155 cm³/mol. The van der Waals surface area contributed by atoms with Crippen LogP contribution in [0.15, 0.2) is 89.8 Å². The van der Waals surface area contributed by atoms with Crippen LogP contribution >= 0.6 is 0 Å². The SMILES string of the molecule is COC1O[C@@](CO[Si](c2ccccc2)(c2ccccc2)C(C)(C)C)(COS(=O)(=O)c2ccc(C)cc2)[C@@H](O)[C@H]1O. The van der Waals surface area contributed by atoms with Gasteiger partial charge in [-0.15, -0.1) is 0 Å². The fourth-order valence-electron chi connectivity index (χ4n) is 5.24. The molecule has 2 N–H and O–H groups in total. The zero-order valence-corrected chi connectivity index (χ0v) is 25.3. The normalized spacial score (nSPS) is 23.8. The highest BCUT2D eigenvalue weighted by molar-refractivity contribution is 7.86. The standard InChI is InChI=1S/C30H38O8SSi/c1-22-16-18-23(19-17-22)39(33,34)36-20-30(27(32)26(31)28(35-5)38-30)21-37-40(29(2,3)4,24-12-8-6-9-13-24)25-14-10-7-11-15-25/h6-19,26-28,31-32H,20-21H2,1-5H3/t26-,27+,28?,30-/m1/s1. The van der Waals surface area contributed by atoms with Crippen LogP contribution in [0, 0.1) is 6.92 Å². The molecule has 10 heteroatoms. The van der Waals surface area contributed by atoms with Gasteiger partial charge in [-0.25, -0.2) is 0 Å². The van der Waals surface area contributed by atoms with E-state index in [2.05, 4.69) is 20.8 Å². The maximum atomic E-state index is 13.1. The molecule has 0 aliphatic carbocycles. The molecule has 0 amide bonds. The van der Waals surface area contributed by atoms with Crippen LogP contribution in [0.3, 0.4) is 0 Å². The van der Waals surface area contributed by atoms with Crippen molar-refractivity contribution in [2.75, 3.05) is 20.3 Å². The third-order valence-electron chi connectivity index (χ3n) is 7.44. The Bertz CT molecular complexity index is 1320. The number of methoxy groups -OCH3 is 1. The lowest BCUT2D eigenvalue weighted by Gasteiger charge is -2.45. The number of aryl methyl sites for hydroxylation is 1. The van der Waals surface area contributed by atoms with E-state index in [-0.39, 0.29) is 11.5 Å². The van der Waals surface area contributed by atoms with E-state index in [1.54, 1.807) is 12.1 Å². The highest BCUT2D eigenvalue weighted by atomic mass is 32.2. The van der Waals surface area contributed by atoms with E-state index in [1.165, 1.54) is 19.2 Å². The summed E-state index contributed by atoms with van der Waals surface area (Å²) in [5.41, 5.74) is -0.847. The lowest BCUT2D eigenvalue weighted by molar-refractivity contribution is -0.194. The van der Waals surface area contributed by atoms with Crippen LogP contribution in [-0.4, -0.2) is 71.4 Å². The van der Waals surface area contributed by atoms with E-state index in [1.807, 2.05) is 67.6 Å². The Labute approximate surface area is 237 Å². The molecule has 0 aromatic heterocycles. The Morgan fingerprint density at radius 3 is 1.85 bits per heavy atom. The largest absolute Gasteiger partial charge is 0.404 e. The van der Waals surface area contributed by atoms with Crippen LogP contribution in [0.25, 0.3) is 0 Å². The number of hydrogen-bond donors (Lipinski definition) is 2. The third kappa shape index (κ3) is 5.81. The van der Waals surface area contributed by atoms with E-state index in [9.17, 15) is 18.6 Å². The van der Waals surface area contributed by atoms with E-state index in [0.717, 1.165) is 15.9 Å². The van der Waals surface area contributed by atoms with Gasteiger partial charge in [0.25, 0.3) is 18.4 Å². The lowest BCUT2D eigenvalue weighted by Crippen LogP contribution is -2.68. The van der Waals surface area contributed by atoms with Gasteiger partial charge in [-0.1, -0.05) is 99.1 Å². The maximum absolute atomic E-state index is 13.1. The molecule has 3 aromatic carbocycles. The van der Waals surface area contributed by atoms with E-state index >= 15 is 0 Å².